The van der Waals surface area contributed by atoms with Crippen molar-refractivity contribution in [1.82, 2.24) is 0 Å². The predicted molar refractivity (Wildman–Crippen MR) is 143 cm³/mol. The van der Waals surface area contributed by atoms with Gasteiger partial charge in [-0.3, -0.25) is 4.79 Å². The van der Waals surface area contributed by atoms with Crippen molar-refractivity contribution in [2.45, 2.75) is 0 Å². The fourth-order valence-corrected chi connectivity index (χ4v) is 5.49. The van der Waals surface area contributed by atoms with E-state index in [0.717, 1.165) is 42.9 Å². The molecule has 5 rings (SSSR count). The molecule has 4 aromatic carbocycles. The van der Waals surface area contributed by atoms with Crippen LogP contribution in [0.1, 0.15) is 15.9 Å². The van der Waals surface area contributed by atoms with Gasteiger partial charge in [0.25, 0.3) is 0 Å². The molecule has 3 nitrogen and oxygen atoms in total. The molecule has 0 fully saturated rings. The molecule has 34 heavy (non-hydrogen) atoms. The van der Waals surface area contributed by atoms with Gasteiger partial charge in [-0.05, 0) is 71.6 Å². The average molecular weight is 529 g/mol. The third-order valence-electron chi connectivity index (χ3n) is 5.79. The van der Waals surface area contributed by atoms with Gasteiger partial charge in [0.1, 0.15) is 11.5 Å². The second kappa shape index (κ2) is 9.45. The van der Waals surface area contributed by atoms with Crippen LogP contribution in [0.3, 0.4) is 0 Å². The second-order valence-corrected chi connectivity index (χ2v) is 9.78. The van der Waals surface area contributed by atoms with E-state index >= 15 is 0 Å². The lowest BCUT2D eigenvalue weighted by Crippen LogP contribution is -2.05. The molecule has 0 bridgehead atoms. The molecule has 0 saturated carbocycles. The van der Waals surface area contributed by atoms with Crippen LogP contribution in [0, 0.1) is 0 Å². The van der Waals surface area contributed by atoms with Crippen LogP contribution < -0.4 is 9.47 Å². The first-order valence-electron chi connectivity index (χ1n) is 10.7. The first-order valence-corrected chi connectivity index (χ1v) is 12.3. The fourth-order valence-electron chi connectivity index (χ4n) is 4.11. The van der Waals surface area contributed by atoms with E-state index in [2.05, 4.69) is 34.1 Å². The third-order valence-corrected chi connectivity index (χ3v) is 7.45. The number of ether oxygens (including phenoxy) is 2. The Hall–Kier alpha value is -3.41. The number of carbonyl (C=O) groups excluding carboxylic acids is 1. The van der Waals surface area contributed by atoms with Crippen LogP contribution in [0.4, 0.5) is 0 Å². The Morgan fingerprint density at radius 2 is 1.53 bits per heavy atom. The van der Waals surface area contributed by atoms with E-state index in [9.17, 15) is 4.79 Å². The number of ketones is 1. The maximum atomic E-state index is 13.8. The third kappa shape index (κ3) is 4.13. The number of thiophene rings is 1. The van der Waals surface area contributed by atoms with Crippen LogP contribution >= 0.6 is 27.3 Å². The summed E-state index contributed by atoms with van der Waals surface area (Å²) in [6, 6.07) is 29.5. The molecule has 0 aliphatic heterocycles. The molecule has 0 radical (unpaired) electrons. The summed E-state index contributed by atoms with van der Waals surface area (Å²) in [6.07, 6.45) is 0. The van der Waals surface area contributed by atoms with Gasteiger partial charge in [-0.1, -0.05) is 46.3 Å². The van der Waals surface area contributed by atoms with Crippen LogP contribution in [0.5, 0.6) is 11.5 Å². The minimum Gasteiger partial charge on any atom is -0.497 e. The number of fused-ring (bicyclic) bond motifs is 1. The molecule has 0 unspecified atom stereocenters. The smallest absolute Gasteiger partial charge is 0.193 e. The molecule has 0 N–H and O–H groups in total. The monoisotopic (exact) mass is 528 g/mol. The molecule has 0 amide bonds. The normalized spacial score (nSPS) is 10.9. The van der Waals surface area contributed by atoms with Gasteiger partial charge in [-0.15, -0.1) is 11.3 Å². The molecule has 1 aromatic heterocycles. The molecule has 0 spiro atoms. The zero-order chi connectivity index (χ0) is 23.7. The van der Waals surface area contributed by atoms with E-state index in [-0.39, 0.29) is 5.78 Å². The Morgan fingerprint density at radius 1 is 0.794 bits per heavy atom. The first-order chi connectivity index (χ1) is 16.6. The zero-order valence-corrected chi connectivity index (χ0v) is 21.1. The molecule has 0 aliphatic rings. The van der Waals surface area contributed by atoms with Crippen molar-refractivity contribution >= 4 is 43.1 Å². The molecule has 0 atom stereocenters. The number of benzene rings is 4. The highest BCUT2D eigenvalue weighted by molar-refractivity contribution is 9.10. The maximum Gasteiger partial charge on any atom is 0.193 e. The molecule has 5 aromatic rings. The van der Waals surface area contributed by atoms with Gasteiger partial charge >= 0.3 is 0 Å². The van der Waals surface area contributed by atoms with E-state index < -0.39 is 0 Å². The summed E-state index contributed by atoms with van der Waals surface area (Å²) in [6.45, 7) is 0. The zero-order valence-electron chi connectivity index (χ0n) is 18.7. The largest absolute Gasteiger partial charge is 0.497 e. The van der Waals surface area contributed by atoms with Gasteiger partial charge < -0.3 is 9.47 Å². The Kier molecular flexibility index (Phi) is 6.22. The fraction of sp³-hybridized carbons (Fsp3) is 0.0690. The minimum atomic E-state index is -0.0386. The molecule has 1 heterocycles. The SMILES string of the molecule is COc1ccc(-c2c(C(=O)c3ccc(Br)cc3)ccc(OC)c2-c2cc3ccccc3s2)cc1. The standard InChI is InChI=1S/C29H21BrO3S/c1-32-22-13-9-18(10-14-22)27-23(29(31)19-7-11-21(30)12-8-19)15-16-24(33-2)28(27)26-17-20-5-3-4-6-25(20)34-26/h3-17H,1-2H3. The molecule has 0 aliphatic carbocycles. The molecule has 5 heteroatoms. The van der Waals surface area contributed by atoms with Crippen LogP contribution in [0.15, 0.2) is 95.5 Å². The number of methoxy groups -OCH3 is 2. The van der Waals surface area contributed by atoms with Gasteiger partial charge in [0.2, 0.25) is 0 Å². The lowest BCUT2D eigenvalue weighted by Gasteiger charge is -2.18. The van der Waals surface area contributed by atoms with E-state index in [0.29, 0.717) is 11.1 Å². The van der Waals surface area contributed by atoms with Crippen molar-refractivity contribution in [3.63, 3.8) is 0 Å². The Labute approximate surface area is 210 Å². The molecule has 168 valence electrons. The average Bonchev–Trinajstić information content (AvgIpc) is 3.32. The van der Waals surface area contributed by atoms with Crippen LogP contribution in [0.2, 0.25) is 0 Å². The summed E-state index contributed by atoms with van der Waals surface area (Å²) in [5.74, 6) is 1.45. The summed E-state index contributed by atoms with van der Waals surface area (Å²) < 4.78 is 13.3. The van der Waals surface area contributed by atoms with E-state index in [1.807, 2.05) is 72.8 Å². The van der Waals surface area contributed by atoms with Gasteiger partial charge in [0, 0.05) is 36.3 Å². The van der Waals surface area contributed by atoms with E-state index in [4.69, 9.17) is 9.47 Å². The lowest BCUT2D eigenvalue weighted by atomic mass is 9.88. The molecule has 0 saturated heterocycles. The van der Waals surface area contributed by atoms with Crippen molar-refractivity contribution < 1.29 is 14.3 Å². The van der Waals surface area contributed by atoms with Gasteiger partial charge in [0.05, 0.1) is 14.2 Å². The summed E-state index contributed by atoms with van der Waals surface area (Å²) in [5, 5.41) is 1.16. The number of carbonyl (C=O) groups is 1. The highest BCUT2D eigenvalue weighted by atomic mass is 79.9. The maximum absolute atomic E-state index is 13.8. The predicted octanol–water partition coefficient (Wildman–Crippen LogP) is 8.25. The second-order valence-electron chi connectivity index (χ2n) is 7.78. The minimum absolute atomic E-state index is 0.0386. The van der Waals surface area contributed by atoms with Gasteiger partial charge in [0.15, 0.2) is 5.78 Å². The molecular formula is C29H21BrO3S. The van der Waals surface area contributed by atoms with E-state index in [1.165, 1.54) is 4.70 Å². The highest BCUT2D eigenvalue weighted by Crippen LogP contribution is 2.46. The quantitative estimate of drug-likeness (QED) is 0.208. The number of halogens is 1. The topological polar surface area (TPSA) is 35.5 Å². The van der Waals surface area contributed by atoms with Crippen molar-refractivity contribution in [1.29, 1.82) is 0 Å². The summed E-state index contributed by atoms with van der Waals surface area (Å²) in [7, 11) is 3.31. The Bertz CT molecular complexity index is 1450. The Morgan fingerprint density at radius 3 is 2.21 bits per heavy atom. The van der Waals surface area contributed by atoms with Gasteiger partial charge in [-0.25, -0.2) is 0 Å². The van der Waals surface area contributed by atoms with Crippen molar-refractivity contribution in [2.75, 3.05) is 14.2 Å². The molecular weight excluding hydrogens is 508 g/mol. The van der Waals surface area contributed by atoms with Crippen LogP contribution in [-0.2, 0) is 0 Å². The lowest BCUT2D eigenvalue weighted by molar-refractivity contribution is 0.103. The van der Waals surface area contributed by atoms with Crippen LogP contribution in [0.25, 0.3) is 31.7 Å². The number of hydrogen-bond acceptors (Lipinski definition) is 4. The van der Waals surface area contributed by atoms with Crippen molar-refractivity contribution in [3.8, 4) is 33.1 Å². The van der Waals surface area contributed by atoms with Crippen molar-refractivity contribution in [3.05, 3.63) is 107 Å². The number of rotatable bonds is 6. The highest BCUT2D eigenvalue weighted by Gasteiger charge is 2.23. The summed E-state index contributed by atoms with van der Waals surface area (Å²) in [4.78, 5) is 14.8. The number of hydrogen-bond donors (Lipinski definition) is 0. The summed E-state index contributed by atoms with van der Waals surface area (Å²) >= 11 is 5.15. The summed E-state index contributed by atoms with van der Waals surface area (Å²) in [5.41, 5.74) is 3.94. The Balaban J connectivity index is 1.80. The first kappa shape index (κ1) is 22.4. The van der Waals surface area contributed by atoms with Gasteiger partial charge in [-0.2, -0.15) is 0 Å². The van der Waals surface area contributed by atoms with Crippen molar-refractivity contribution in [2.24, 2.45) is 0 Å². The van der Waals surface area contributed by atoms with Crippen LogP contribution in [-0.4, -0.2) is 20.0 Å². The van der Waals surface area contributed by atoms with E-state index in [1.54, 1.807) is 25.6 Å².